The third-order valence-electron chi connectivity index (χ3n) is 2.54. The first-order valence-corrected chi connectivity index (χ1v) is 5.45. The summed E-state index contributed by atoms with van der Waals surface area (Å²) in [7, 11) is 4.90. The predicted molar refractivity (Wildman–Crippen MR) is 66.1 cm³/mol. The lowest BCUT2D eigenvalue weighted by Gasteiger charge is -2.18. The monoisotopic (exact) mass is 237 g/mol. The molecule has 1 amide bonds. The Labute approximate surface area is 102 Å². The molecule has 94 valence electrons. The van der Waals surface area contributed by atoms with E-state index in [1.54, 1.807) is 19.1 Å². The Hall–Kier alpha value is -1.55. The van der Waals surface area contributed by atoms with Crippen molar-refractivity contribution >= 4 is 5.91 Å². The summed E-state index contributed by atoms with van der Waals surface area (Å²) in [6, 6.07) is 5.92. The first-order valence-electron chi connectivity index (χ1n) is 5.45. The zero-order valence-electron chi connectivity index (χ0n) is 10.8. The molecule has 0 aliphatic carbocycles. The van der Waals surface area contributed by atoms with E-state index in [0.29, 0.717) is 6.54 Å². The van der Waals surface area contributed by atoms with Crippen molar-refractivity contribution in [3.8, 4) is 5.75 Å². The summed E-state index contributed by atoms with van der Waals surface area (Å²) in [6.07, 6.45) is 0. The maximum atomic E-state index is 11.6. The summed E-state index contributed by atoms with van der Waals surface area (Å²) >= 11 is 0. The number of ether oxygens (including phenoxy) is 2. The molecule has 0 N–H and O–H groups in total. The van der Waals surface area contributed by atoms with E-state index in [4.69, 9.17) is 9.47 Å². The molecule has 0 saturated heterocycles. The van der Waals surface area contributed by atoms with Crippen LogP contribution in [0.15, 0.2) is 18.2 Å². The molecule has 0 aromatic heterocycles. The van der Waals surface area contributed by atoms with Crippen LogP contribution in [0.2, 0.25) is 0 Å². The maximum absolute atomic E-state index is 11.6. The predicted octanol–water partition coefficient (Wildman–Crippen LogP) is 1.61. The van der Waals surface area contributed by atoms with Gasteiger partial charge in [0.1, 0.15) is 12.4 Å². The maximum Gasteiger partial charge on any atom is 0.248 e. The van der Waals surface area contributed by atoms with E-state index < -0.39 is 0 Å². The molecular weight excluding hydrogens is 218 g/mol. The van der Waals surface area contributed by atoms with E-state index in [0.717, 1.165) is 16.9 Å². The van der Waals surface area contributed by atoms with Crippen LogP contribution in [0.4, 0.5) is 0 Å². The summed E-state index contributed by atoms with van der Waals surface area (Å²) in [5.41, 5.74) is 2.15. The molecule has 0 radical (unpaired) electrons. The normalized spacial score (nSPS) is 10.1. The zero-order chi connectivity index (χ0) is 12.8. The van der Waals surface area contributed by atoms with Crippen LogP contribution in [0.5, 0.6) is 5.75 Å². The summed E-state index contributed by atoms with van der Waals surface area (Å²) in [5, 5.41) is 0. The van der Waals surface area contributed by atoms with Crippen molar-refractivity contribution < 1.29 is 14.3 Å². The molecule has 0 fully saturated rings. The van der Waals surface area contributed by atoms with E-state index in [9.17, 15) is 4.79 Å². The molecule has 0 bridgehead atoms. The number of carbonyl (C=O) groups excluding carboxylic acids is 1. The Bertz CT molecular complexity index is 390. The molecule has 0 saturated carbocycles. The van der Waals surface area contributed by atoms with Crippen LogP contribution in [-0.4, -0.2) is 38.7 Å². The molecule has 4 heteroatoms. The summed E-state index contributed by atoms with van der Waals surface area (Å²) in [5.74, 6) is 0.753. The van der Waals surface area contributed by atoms with E-state index in [-0.39, 0.29) is 12.5 Å². The van der Waals surface area contributed by atoms with Crippen molar-refractivity contribution in [1.82, 2.24) is 4.90 Å². The van der Waals surface area contributed by atoms with Crippen molar-refractivity contribution in [2.24, 2.45) is 0 Å². The van der Waals surface area contributed by atoms with Gasteiger partial charge in [0.2, 0.25) is 5.91 Å². The molecule has 0 spiro atoms. The van der Waals surface area contributed by atoms with Crippen LogP contribution in [0.25, 0.3) is 0 Å². The van der Waals surface area contributed by atoms with Crippen molar-refractivity contribution in [1.29, 1.82) is 0 Å². The van der Waals surface area contributed by atoms with Gasteiger partial charge in [0.15, 0.2) is 0 Å². The molecular formula is C13H19NO3. The SMILES string of the molecule is COCC(=O)N(C)Cc1cc(C)ccc1OC. The molecule has 0 atom stereocenters. The highest BCUT2D eigenvalue weighted by molar-refractivity contribution is 5.77. The van der Waals surface area contributed by atoms with Gasteiger partial charge in [-0.2, -0.15) is 0 Å². The third-order valence-corrected chi connectivity index (χ3v) is 2.54. The number of carbonyl (C=O) groups is 1. The van der Waals surface area contributed by atoms with E-state index in [1.807, 2.05) is 25.1 Å². The molecule has 4 nitrogen and oxygen atoms in total. The average Bonchev–Trinajstić information content (AvgIpc) is 2.29. The fourth-order valence-electron chi connectivity index (χ4n) is 1.61. The van der Waals surface area contributed by atoms with Gasteiger partial charge in [0, 0.05) is 26.3 Å². The summed E-state index contributed by atoms with van der Waals surface area (Å²) in [4.78, 5) is 13.2. The van der Waals surface area contributed by atoms with Crippen molar-refractivity contribution in [2.75, 3.05) is 27.9 Å². The molecule has 17 heavy (non-hydrogen) atoms. The first kappa shape index (κ1) is 13.5. The Balaban J connectivity index is 2.79. The minimum atomic E-state index is -0.0453. The van der Waals surface area contributed by atoms with Crippen LogP contribution in [-0.2, 0) is 16.1 Å². The molecule has 1 rings (SSSR count). The topological polar surface area (TPSA) is 38.8 Å². The minimum Gasteiger partial charge on any atom is -0.496 e. The van der Waals surface area contributed by atoms with Gasteiger partial charge in [-0.25, -0.2) is 0 Å². The number of nitrogens with zero attached hydrogens (tertiary/aromatic N) is 1. The number of hydrogen-bond donors (Lipinski definition) is 0. The van der Waals surface area contributed by atoms with E-state index in [1.165, 1.54) is 7.11 Å². The van der Waals surface area contributed by atoms with Crippen molar-refractivity contribution in [3.63, 3.8) is 0 Å². The zero-order valence-corrected chi connectivity index (χ0v) is 10.8. The van der Waals surface area contributed by atoms with Gasteiger partial charge in [-0.05, 0) is 13.0 Å². The van der Waals surface area contributed by atoms with Gasteiger partial charge in [0.25, 0.3) is 0 Å². The van der Waals surface area contributed by atoms with Crippen LogP contribution in [0.3, 0.4) is 0 Å². The van der Waals surface area contributed by atoms with Gasteiger partial charge >= 0.3 is 0 Å². The molecule has 0 heterocycles. The number of rotatable bonds is 5. The van der Waals surface area contributed by atoms with Crippen LogP contribution < -0.4 is 4.74 Å². The summed E-state index contributed by atoms with van der Waals surface area (Å²) < 4.78 is 10.1. The molecule has 0 aliphatic rings. The van der Waals surface area contributed by atoms with Crippen molar-refractivity contribution in [3.05, 3.63) is 29.3 Å². The Kier molecular flexibility index (Phi) is 4.97. The second kappa shape index (κ2) is 6.25. The quantitative estimate of drug-likeness (QED) is 0.781. The average molecular weight is 237 g/mol. The number of methoxy groups -OCH3 is 2. The van der Waals surface area contributed by atoms with Crippen LogP contribution in [0, 0.1) is 6.92 Å². The lowest BCUT2D eigenvalue weighted by atomic mass is 10.1. The summed E-state index contributed by atoms with van der Waals surface area (Å²) in [6.45, 7) is 2.64. The largest absolute Gasteiger partial charge is 0.496 e. The molecule has 1 aromatic carbocycles. The van der Waals surface area contributed by atoms with Crippen LogP contribution >= 0.6 is 0 Å². The number of likely N-dealkylation sites (N-methyl/N-ethyl adjacent to an activating group) is 1. The second-order valence-electron chi connectivity index (χ2n) is 4.00. The van der Waals surface area contributed by atoms with Gasteiger partial charge in [-0.15, -0.1) is 0 Å². The van der Waals surface area contributed by atoms with Gasteiger partial charge < -0.3 is 14.4 Å². The first-order chi connectivity index (χ1) is 8.08. The van der Waals surface area contributed by atoms with Gasteiger partial charge in [0.05, 0.1) is 7.11 Å². The van der Waals surface area contributed by atoms with E-state index >= 15 is 0 Å². The fraction of sp³-hybridized carbons (Fsp3) is 0.462. The highest BCUT2D eigenvalue weighted by Gasteiger charge is 2.11. The van der Waals surface area contributed by atoms with Gasteiger partial charge in [-0.3, -0.25) is 4.79 Å². The lowest BCUT2D eigenvalue weighted by Crippen LogP contribution is -2.29. The molecule has 1 aromatic rings. The molecule has 0 aliphatic heterocycles. The Morgan fingerprint density at radius 1 is 1.35 bits per heavy atom. The van der Waals surface area contributed by atoms with Crippen LogP contribution in [0.1, 0.15) is 11.1 Å². The third kappa shape index (κ3) is 3.75. The fourth-order valence-corrected chi connectivity index (χ4v) is 1.61. The van der Waals surface area contributed by atoms with Crippen molar-refractivity contribution in [2.45, 2.75) is 13.5 Å². The second-order valence-corrected chi connectivity index (χ2v) is 4.00. The molecule has 0 unspecified atom stereocenters. The lowest BCUT2D eigenvalue weighted by molar-refractivity contribution is -0.134. The number of benzene rings is 1. The number of aryl methyl sites for hydroxylation is 1. The highest BCUT2D eigenvalue weighted by Crippen LogP contribution is 2.20. The standard InChI is InChI=1S/C13H19NO3/c1-10-5-6-12(17-4)11(7-10)8-14(2)13(15)9-16-3/h5-7H,8-9H2,1-4H3. The number of hydrogen-bond acceptors (Lipinski definition) is 3. The number of amides is 1. The minimum absolute atomic E-state index is 0.0453. The Morgan fingerprint density at radius 2 is 2.06 bits per heavy atom. The smallest absolute Gasteiger partial charge is 0.248 e. The van der Waals surface area contributed by atoms with Gasteiger partial charge in [-0.1, -0.05) is 17.7 Å². The highest BCUT2D eigenvalue weighted by atomic mass is 16.5. The Morgan fingerprint density at radius 3 is 2.65 bits per heavy atom. The van der Waals surface area contributed by atoms with E-state index in [2.05, 4.69) is 0 Å².